The van der Waals surface area contributed by atoms with Gasteiger partial charge >= 0.3 is 6.18 Å². The number of ether oxygens (including phenoxy) is 2. The van der Waals surface area contributed by atoms with Gasteiger partial charge in [-0.05, 0) is 56.5 Å². The zero-order valence-electron chi connectivity index (χ0n) is 18.2. The van der Waals surface area contributed by atoms with Crippen molar-refractivity contribution in [2.24, 2.45) is 0 Å². The first kappa shape index (κ1) is 21.9. The van der Waals surface area contributed by atoms with Gasteiger partial charge in [0, 0.05) is 31.3 Å². The van der Waals surface area contributed by atoms with Crippen molar-refractivity contribution < 1.29 is 22.6 Å². The summed E-state index contributed by atoms with van der Waals surface area (Å²) in [6.45, 7) is 1.88. The summed E-state index contributed by atoms with van der Waals surface area (Å²) in [7, 11) is 1.40. The normalized spacial score (nSPS) is 19.7. The van der Waals surface area contributed by atoms with Gasteiger partial charge < -0.3 is 14.8 Å². The van der Waals surface area contributed by atoms with Crippen LogP contribution in [-0.4, -0.2) is 63.8 Å². The van der Waals surface area contributed by atoms with E-state index in [0.717, 1.165) is 38.1 Å². The maximum atomic E-state index is 13.2. The van der Waals surface area contributed by atoms with Crippen LogP contribution in [0.1, 0.15) is 31.2 Å². The summed E-state index contributed by atoms with van der Waals surface area (Å²) in [4.78, 5) is 2.52. The van der Waals surface area contributed by atoms with Crippen LogP contribution in [0.3, 0.4) is 0 Å². The maximum absolute atomic E-state index is 13.2. The van der Waals surface area contributed by atoms with Gasteiger partial charge in [0.1, 0.15) is 11.4 Å². The van der Waals surface area contributed by atoms with Crippen LogP contribution in [0.4, 0.5) is 19.1 Å². The van der Waals surface area contributed by atoms with Crippen LogP contribution in [-0.2, 0) is 10.9 Å². The predicted octanol–water partition coefficient (Wildman–Crippen LogP) is 3.83. The number of nitrogens with zero attached hydrogens (tertiary/aromatic N) is 5. The Morgan fingerprint density at radius 1 is 1.15 bits per heavy atom. The second-order valence-electron chi connectivity index (χ2n) is 8.47. The number of rotatable bonds is 7. The molecular weight excluding hydrogens is 437 g/mol. The SMILES string of the molecule is COCOc1cc(C(F)(F)F)ccc1-c1nnc(N[C@@H]2CCCN(C3CC3)C2)n2nccc12. The monoisotopic (exact) mass is 462 g/mol. The molecule has 3 aromatic rings. The maximum Gasteiger partial charge on any atom is 0.416 e. The molecule has 33 heavy (non-hydrogen) atoms. The fraction of sp³-hybridized carbons (Fsp3) is 0.500. The molecule has 1 N–H and O–H groups in total. The highest BCUT2D eigenvalue weighted by Crippen LogP contribution is 2.38. The molecule has 1 saturated carbocycles. The molecule has 0 radical (unpaired) electrons. The lowest BCUT2D eigenvalue weighted by Gasteiger charge is -2.33. The van der Waals surface area contributed by atoms with Crippen molar-refractivity contribution in [3.8, 4) is 17.0 Å². The molecule has 2 fully saturated rings. The van der Waals surface area contributed by atoms with Crippen LogP contribution in [0.25, 0.3) is 16.8 Å². The molecular formula is C22H25F3N6O2. The Balaban J connectivity index is 1.47. The van der Waals surface area contributed by atoms with Crippen LogP contribution < -0.4 is 10.1 Å². The van der Waals surface area contributed by atoms with Gasteiger partial charge in [0.15, 0.2) is 6.79 Å². The molecule has 8 nitrogen and oxygen atoms in total. The summed E-state index contributed by atoms with van der Waals surface area (Å²) in [5, 5.41) is 16.5. The molecule has 2 aliphatic rings. The number of piperidine rings is 1. The van der Waals surface area contributed by atoms with Crippen molar-refractivity contribution in [2.75, 3.05) is 32.3 Å². The summed E-state index contributed by atoms with van der Waals surface area (Å²) < 4.78 is 51.7. The number of fused-ring (bicyclic) bond motifs is 1. The third kappa shape index (κ3) is 4.60. The molecule has 1 aliphatic heterocycles. The van der Waals surface area contributed by atoms with E-state index < -0.39 is 11.7 Å². The van der Waals surface area contributed by atoms with Crippen molar-refractivity contribution in [3.05, 3.63) is 36.0 Å². The molecule has 5 rings (SSSR count). The second kappa shape index (κ2) is 8.79. The Morgan fingerprint density at radius 3 is 2.76 bits per heavy atom. The topological polar surface area (TPSA) is 76.8 Å². The van der Waals surface area contributed by atoms with Crippen LogP contribution in [0.15, 0.2) is 30.5 Å². The van der Waals surface area contributed by atoms with Crippen LogP contribution >= 0.6 is 0 Å². The number of halogens is 3. The molecule has 1 atom stereocenters. The second-order valence-corrected chi connectivity index (χ2v) is 8.47. The zero-order valence-corrected chi connectivity index (χ0v) is 18.2. The van der Waals surface area contributed by atoms with Crippen molar-refractivity contribution in [1.29, 1.82) is 0 Å². The van der Waals surface area contributed by atoms with Gasteiger partial charge in [0.25, 0.3) is 0 Å². The fourth-order valence-corrected chi connectivity index (χ4v) is 4.34. The minimum Gasteiger partial charge on any atom is -0.467 e. The number of benzene rings is 1. The number of alkyl halides is 3. The smallest absolute Gasteiger partial charge is 0.416 e. The van der Waals surface area contributed by atoms with Crippen LogP contribution in [0, 0.1) is 0 Å². The average Bonchev–Trinajstić information content (AvgIpc) is 3.54. The Bertz CT molecular complexity index is 1130. The minimum absolute atomic E-state index is 0.0112. The van der Waals surface area contributed by atoms with Gasteiger partial charge in [0.2, 0.25) is 5.95 Å². The van der Waals surface area contributed by atoms with Crippen molar-refractivity contribution >= 4 is 11.5 Å². The lowest BCUT2D eigenvalue weighted by Crippen LogP contribution is -2.43. The van der Waals surface area contributed by atoms with E-state index in [0.29, 0.717) is 28.8 Å². The Labute approximate surface area is 188 Å². The van der Waals surface area contributed by atoms with Gasteiger partial charge in [-0.25, -0.2) is 0 Å². The third-order valence-electron chi connectivity index (χ3n) is 6.08. The summed E-state index contributed by atoms with van der Waals surface area (Å²) in [6, 6.07) is 5.99. The van der Waals surface area contributed by atoms with E-state index >= 15 is 0 Å². The molecule has 0 spiro atoms. The standard InChI is InChI=1S/C22H25F3N6O2/c1-32-13-33-19-11-14(22(23,24)25)4-7-17(19)20-18-8-9-26-31(18)21(29-28-20)27-15-3-2-10-30(12-15)16-5-6-16/h4,7-9,11,15-16H,2-3,5-6,10,12-13H2,1H3,(H,27,29)/t15-/m1/s1. The summed E-state index contributed by atoms with van der Waals surface area (Å²) in [5.74, 6) is 0.518. The molecule has 11 heteroatoms. The third-order valence-corrected chi connectivity index (χ3v) is 6.08. The van der Waals surface area contributed by atoms with E-state index in [1.165, 1.54) is 26.0 Å². The largest absolute Gasteiger partial charge is 0.467 e. The van der Waals surface area contributed by atoms with Crippen molar-refractivity contribution in [3.63, 3.8) is 0 Å². The van der Waals surface area contributed by atoms with Gasteiger partial charge in [-0.1, -0.05) is 0 Å². The average molecular weight is 462 g/mol. The number of anilines is 1. The molecule has 1 aromatic carbocycles. The predicted molar refractivity (Wildman–Crippen MR) is 115 cm³/mol. The number of hydrogen-bond acceptors (Lipinski definition) is 7. The number of hydrogen-bond donors (Lipinski definition) is 1. The Kier molecular flexibility index (Phi) is 5.83. The molecule has 3 heterocycles. The first-order chi connectivity index (χ1) is 15.9. The first-order valence-electron chi connectivity index (χ1n) is 11.0. The number of nitrogens with one attached hydrogen (secondary N) is 1. The number of methoxy groups -OCH3 is 1. The molecule has 1 saturated heterocycles. The van der Waals surface area contributed by atoms with Crippen molar-refractivity contribution in [1.82, 2.24) is 24.7 Å². The van der Waals surface area contributed by atoms with E-state index in [1.807, 2.05) is 0 Å². The van der Waals surface area contributed by atoms with E-state index in [4.69, 9.17) is 9.47 Å². The highest BCUT2D eigenvalue weighted by atomic mass is 19.4. The Morgan fingerprint density at radius 2 is 2.00 bits per heavy atom. The highest BCUT2D eigenvalue weighted by molar-refractivity contribution is 5.81. The van der Waals surface area contributed by atoms with Crippen LogP contribution in [0.2, 0.25) is 0 Å². The lowest BCUT2D eigenvalue weighted by molar-refractivity contribution is -0.137. The molecule has 2 aromatic heterocycles. The zero-order chi connectivity index (χ0) is 23.0. The van der Waals surface area contributed by atoms with E-state index in [9.17, 15) is 13.2 Å². The Hall–Kier alpha value is -2.92. The summed E-state index contributed by atoms with van der Waals surface area (Å²) in [5.41, 5.74) is 0.554. The minimum atomic E-state index is -4.50. The quantitative estimate of drug-likeness (QED) is 0.535. The van der Waals surface area contributed by atoms with Crippen molar-refractivity contribution in [2.45, 2.75) is 43.9 Å². The van der Waals surface area contributed by atoms with E-state index in [1.54, 1.807) is 16.8 Å². The molecule has 0 bridgehead atoms. The lowest BCUT2D eigenvalue weighted by atomic mass is 10.1. The van der Waals surface area contributed by atoms with Gasteiger partial charge in [-0.3, -0.25) is 4.90 Å². The molecule has 0 unspecified atom stereocenters. The fourth-order valence-electron chi connectivity index (χ4n) is 4.34. The van der Waals surface area contributed by atoms with Gasteiger partial charge in [-0.15, -0.1) is 10.2 Å². The molecule has 176 valence electrons. The first-order valence-corrected chi connectivity index (χ1v) is 11.0. The van der Waals surface area contributed by atoms with Crippen LogP contribution in [0.5, 0.6) is 5.75 Å². The number of aromatic nitrogens is 4. The molecule has 0 amide bonds. The summed E-state index contributed by atoms with van der Waals surface area (Å²) >= 11 is 0. The molecule has 1 aliphatic carbocycles. The summed E-state index contributed by atoms with van der Waals surface area (Å²) in [6.07, 6.45) is 1.81. The van der Waals surface area contributed by atoms with Gasteiger partial charge in [0.05, 0.1) is 17.3 Å². The van der Waals surface area contributed by atoms with E-state index in [2.05, 4.69) is 25.5 Å². The van der Waals surface area contributed by atoms with E-state index in [-0.39, 0.29) is 18.6 Å². The number of likely N-dealkylation sites (tertiary alicyclic amines) is 1. The van der Waals surface area contributed by atoms with Gasteiger partial charge in [-0.2, -0.15) is 22.8 Å². The highest BCUT2D eigenvalue weighted by Gasteiger charge is 2.33.